The van der Waals surface area contributed by atoms with Crippen LogP contribution in [-0.4, -0.2) is 123 Å². The van der Waals surface area contributed by atoms with Crippen LogP contribution in [0, 0.1) is 0 Å². The zero-order valence-electron chi connectivity index (χ0n) is 44.2. The van der Waals surface area contributed by atoms with Crippen molar-refractivity contribution in [2.24, 2.45) is 5.73 Å². The summed E-state index contributed by atoms with van der Waals surface area (Å²) in [6, 6.07) is 17.4. The van der Waals surface area contributed by atoms with E-state index in [1.165, 1.54) is 9.80 Å². The van der Waals surface area contributed by atoms with E-state index in [1.807, 2.05) is 114 Å². The van der Waals surface area contributed by atoms with Gasteiger partial charge in [0.15, 0.2) is 0 Å². The van der Waals surface area contributed by atoms with Crippen molar-refractivity contribution >= 4 is 53.9 Å². The summed E-state index contributed by atoms with van der Waals surface area (Å²) in [5.41, 5.74) is 12.6. The molecule has 3 aliphatic heterocycles. The average molecular weight is 1080 g/mol. The second-order valence-electron chi connectivity index (χ2n) is 17.3. The third-order valence-corrected chi connectivity index (χ3v) is 17.5. The number of carbonyl (C=O) groups is 6. The van der Waals surface area contributed by atoms with Gasteiger partial charge in [0.1, 0.15) is 5.92 Å². The van der Waals surface area contributed by atoms with Crippen molar-refractivity contribution < 1.29 is 60.1 Å². The summed E-state index contributed by atoms with van der Waals surface area (Å²) in [6.45, 7) is 23.3. The van der Waals surface area contributed by atoms with Gasteiger partial charge in [0.25, 0.3) is 11.8 Å². The molecule has 3 aliphatic carbocycles. The molecule has 0 saturated carbocycles. The number of rotatable bonds is 19. The Balaban J connectivity index is 0.000000225. The van der Waals surface area contributed by atoms with Gasteiger partial charge in [-0.3, -0.25) is 33.8 Å². The van der Waals surface area contributed by atoms with Crippen LogP contribution in [0.4, 0.5) is 0 Å². The lowest BCUT2D eigenvalue weighted by molar-refractivity contribution is -0.139. The van der Waals surface area contributed by atoms with Gasteiger partial charge in [-0.25, -0.2) is 4.79 Å². The van der Waals surface area contributed by atoms with E-state index in [0.717, 1.165) is 52.6 Å². The molecular weight excluding hydrogens is 1000 g/mol. The van der Waals surface area contributed by atoms with E-state index in [2.05, 4.69) is 17.9 Å². The fourth-order valence-electron chi connectivity index (χ4n) is 9.47. The highest BCUT2D eigenvalue weighted by atomic mass is 28.4. The number of allylic oxidation sites excluding steroid dienone is 3. The van der Waals surface area contributed by atoms with Gasteiger partial charge >= 0.3 is 30.3 Å². The summed E-state index contributed by atoms with van der Waals surface area (Å²) in [7, 11) is -4.52. The molecule has 3 aromatic rings. The summed E-state index contributed by atoms with van der Waals surface area (Å²) < 4.78 is 37.9. The number of esters is 2. The number of cyclic esters (lactones) is 2. The first-order chi connectivity index (χ1) is 36.3. The van der Waals surface area contributed by atoms with E-state index < -0.39 is 30.3 Å². The number of nitrogens with zero attached hydrogens (tertiary/aromatic N) is 2. The van der Waals surface area contributed by atoms with Gasteiger partial charge in [-0.2, -0.15) is 0 Å². The summed E-state index contributed by atoms with van der Waals surface area (Å²) in [5, 5.41) is 0. The fourth-order valence-corrected chi connectivity index (χ4v) is 13.2. The minimum absolute atomic E-state index is 0. The Morgan fingerprint density at radius 1 is 0.605 bits per heavy atom. The van der Waals surface area contributed by atoms with Crippen LogP contribution in [0.5, 0.6) is 0 Å². The van der Waals surface area contributed by atoms with Gasteiger partial charge in [-0.15, -0.1) is 13.2 Å². The predicted molar refractivity (Wildman–Crippen MR) is 297 cm³/mol. The lowest BCUT2D eigenvalue weighted by atomic mass is 9.80. The summed E-state index contributed by atoms with van der Waals surface area (Å²) in [6.07, 6.45) is 17.7. The van der Waals surface area contributed by atoms with Crippen molar-refractivity contribution in [3.05, 3.63) is 166 Å². The third kappa shape index (κ3) is 15.1. The van der Waals surface area contributed by atoms with E-state index in [0.29, 0.717) is 81.9 Å². The molecule has 410 valence electrons. The minimum Gasteiger partial charge on any atom is -0.389 e. The van der Waals surface area contributed by atoms with Gasteiger partial charge in [0.2, 0.25) is 11.8 Å². The molecule has 76 heavy (non-hydrogen) atoms. The van der Waals surface area contributed by atoms with Gasteiger partial charge in [0.05, 0.1) is 17.4 Å². The van der Waals surface area contributed by atoms with Crippen LogP contribution in [0.3, 0.4) is 0 Å². The van der Waals surface area contributed by atoms with E-state index in [-0.39, 0.29) is 55.4 Å². The third-order valence-electron chi connectivity index (χ3n) is 12.5. The molecule has 3 aromatic carbocycles. The zero-order valence-corrected chi connectivity index (χ0v) is 46.4. The molecule has 9 rings (SSSR count). The van der Waals surface area contributed by atoms with Crippen LogP contribution in [0.15, 0.2) is 116 Å². The highest BCUT2D eigenvalue weighted by Crippen LogP contribution is 2.38. The summed E-state index contributed by atoms with van der Waals surface area (Å²) >= 11 is 0. The molecule has 0 spiro atoms. The Hall–Kier alpha value is -6.07. The molecule has 3 atom stereocenters. The molecule has 0 saturated heterocycles. The molecule has 2 N–H and O–H groups in total. The summed E-state index contributed by atoms with van der Waals surface area (Å²) in [5.74, 6) is -2.73. The summed E-state index contributed by atoms with van der Waals surface area (Å²) in [4.78, 5) is 76.2. The second kappa shape index (κ2) is 31.2. The molecule has 6 aliphatic rings. The van der Waals surface area contributed by atoms with E-state index >= 15 is 0 Å². The number of hydrogen-bond donors (Lipinski definition) is 1. The molecule has 0 radical (unpaired) electrons. The van der Waals surface area contributed by atoms with E-state index in [1.54, 1.807) is 30.4 Å². The Morgan fingerprint density at radius 2 is 1.01 bits per heavy atom. The zero-order chi connectivity index (χ0) is 54.5. The molecule has 4 amide bonds. The molecular formula is C58H77N3O13Si2. The first kappa shape index (κ1) is 62.5. The van der Waals surface area contributed by atoms with Crippen molar-refractivity contribution in [1.82, 2.24) is 9.80 Å². The van der Waals surface area contributed by atoms with Gasteiger partial charge in [0, 0.05) is 76.4 Å². The highest BCUT2D eigenvalue weighted by Gasteiger charge is 2.43. The SMILES string of the molecule is C.C=CCN.C=CCN1C(=O)c2cccc3c2C(C=CC3)C1=O.CCO[SiH](OCC)OCC.CCO[Si](CCCN1C(=O)c2cccc3c2C(C=CC3)C1=O)(OCC)OCC.O=C1OC(=O)C2C=CCc3cccc1c32. The Bertz CT molecular complexity index is 2580. The van der Waals surface area contributed by atoms with Gasteiger partial charge in [-0.1, -0.05) is 92.4 Å². The average Bonchev–Trinajstić information content (AvgIpc) is 3.42. The first-order valence-corrected chi connectivity index (χ1v) is 29.2. The van der Waals surface area contributed by atoms with E-state index in [9.17, 15) is 28.8 Å². The number of imide groups is 2. The van der Waals surface area contributed by atoms with Crippen molar-refractivity contribution in [1.29, 1.82) is 0 Å². The number of amides is 4. The number of hydrogen-bond acceptors (Lipinski definition) is 14. The first-order valence-electron chi connectivity index (χ1n) is 25.8. The van der Waals surface area contributed by atoms with E-state index in [4.69, 9.17) is 32.3 Å². The Kier molecular flexibility index (Phi) is 25.7. The number of carbonyl (C=O) groups excluding carboxylic acids is 6. The lowest BCUT2D eigenvalue weighted by Crippen LogP contribution is -2.48. The molecule has 3 heterocycles. The number of benzene rings is 3. The van der Waals surface area contributed by atoms with Crippen molar-refractivity contribution in [3.8, 4) is 0 Å². The maximum absolute atomic E-state index is 13.0. The molecule has 0 aromatic heterocycles. The lowest BCUT2D eigenvalue weighted by Gasteiger charge is -2.35. The monoisotopic (exact) mass is 1080 g/mol. The smallest absolute Gasteiger partial charge is 0.389 e. The van der Waals surface area contributed by atoms with Crippen LogP contribution in [-0.2, 0) is 64.9 Å². The second-order valence-corrected chi connectivity index (χ2v) is 21.6. The maximum Gasteiger partial charge on any atom is 0.500 e. The number of ether oxygens (including phenoxy) is 1. The van der Waals surface area contributed by atoms with Crippen LogP contribution < -0.4 is 5.73 Å². The fraction of sp³-hybridized carbons (Fsp3) is 0.414. The quantitative estimate of drug-likeness (QED) is 0.0394. The van der Waals surface area contributed by atoms with Gasteiger partial charge < -0.3 is 37.0 Å². The molecule has 16 nitrogen and oxygen atoms in total. The molecule has 18 heteroatoms. The van der Waals surface area contributed by atoms with Crippen molar-refractivity contribution in [3.63, 3.8) is 0 Å². The van der Waals surface area contributed by atoms with Gasteiger partial charge in [-0.05, 0) is 119 Å². The molecule has 3 unspecified atom stereocenters. The predicted octanol–water partition coefficient (Wildman–Crippen LogP) is 8.51. The van der Waals surface area contributed by atoms with Crippen LogP contribution in [0.2, 0.25) is 6.04 Å². The molecule has 0 bridgehead atoms. The normalized spacial score (nSPS) is 17.9. The largest absolute Gasteiger partial charge is 0.500 e. The highest BCUT2D eigenvalue weighted by molar-refractivity contribution is 6.60. The van der Waals surface area contributed by atoms with Crippen molar-refractivity contribution in [2.45, 2.75) is 98.5 Å². The van der Waals surface area contributed by atoms with Crippen molar-refractivity contribution in [2.75, 3.05) is 59.3 Å². The topological polar surface area (TPSA) is 200 Å². The Labute approximate surface area is 451 Å². The minimum atomic E-state index is -2.78. The standard InChI is InChI=1S/C21H29NO5Si.C15H13NO2.C12H8O3.C6H16O3Si.C3H7N.CH4/c1-4-25-28(26-5-2,27-6-3)15-9-14-22-20(23)17-12-7-10-16-11-8-13-18(19(16)17)21(22)24;1-2-9-16-14(17)11-7-3-5-10-6-4-8-12(13(10)11)15(16)18;13-11-8-5-1-3-7-4-2-6-9(10(7)8)12(14)15-11;1-4-7-10(8-5-2)9-6-3;1-2-3-4;/h7-8,10,12-13,18H,4-6,9,11,14-15H2,1-3H3;2-5,7-8,12H,1,6,9H2;1-3,5-6,9H,4H2;10H,4-6H2,1-3H3;2H,1,3-4H2;1H4. The van der Waals surface area contributed by atoms with Crippen LogP contribution >= 0.6 is 0 Å². The Morgan fingerprint density at radius 3 is 1.43 bits per heavy atom. The maximum atomic E-state index is 13.0. The molecule has 0 fully saturated rings. The van der Waals surface area contributed by atoms with Crippen LogP contribution in [0.25, 0.3) is 0 Å². The van der Waals surface area contributed by atoms with Crippen LogP contribution in [0.1, 0.15) is 138 Å². The number of nitrogens with two attached hydrogens (primary N) is 1.